The highest BCUT2D eigenvalue weighted by Crippen LogP contribution is 2.29. The van der Waals surface area contributed by atoms with Crippen LogP contribution in [0.3, 0.4) is 0 Å². The summed E-state index contributed by atoms with van der Waals surface area (Å²) in [7, 11) is 0. The van der Waals surface area contributed by atoms with Crippen molar-refractivity contribution in [3.8, 4) is 11.5 Å². The van der Waals surface area contributed by atoms with Crippen molar-refractivity contribution < 1.29 is 19.1 Å². The predicted molar refractivity (Wildman–Crippen MR) is 138 cm³/mol. The number of hydrogen-bond donors (Lipinski definition) is 2. The standard InChI is InChI=1S/C28H31N3O4/c1-4-34-26-17-22(10-13-25(26)35-19-23-7-5-6-21(3)16-23)18-29-31-28(33)15-14-27(32)30-24-11-8-20(2)9-12-24/h5-13,16-18H,4,14-15,19H2,1-3H3,(H,30,32)(H,31,33). The van der Waals surface area contributed by atoms with E-state index in [-0.39, 0.29) is 24.7 Å². The van der Waals surface area contributed by atoms with Gasteiger partial charge in [-0.1, -0.05) is 47.5 Å². The van der Waals surface area contributed by atoms with Gasteiger partial charge >= 0.3 is 0 Å². The normalized spacial score (nSPS) is 10.7. The summed E-state index contributed by atoms with van der Waals surface area (Å²) in [5.41, 5.74) is 7.27. The number of aryl methyl sites for hydroxylation is 2. The van der Waals surface area contributed by atoms with Gasteiger partial charge in [0.2, 0.25) is 11.8 Å². The average molecular weight is 474 g/mol. The van der Waals surface area contributed by atoms with Crippen molar-refractivity contribution in [3.05, 3.63) is 89.0 Å². The van der Waals surface area contributed by atoms with Gasteiger partial charge in [-0.25, -0.2) is 5.43 Å². The van der Waals surface area contributed by atoms with Crippen molar-refractivity contribution in [2.75, 3.05) is 11.9 Å². The second kappa shape index (κ2) is 12.9. The van der Waals surface area contributed by atoms with Crippen molar-refractivity contribution in [2.45, 2.75) is 40.2 Å². The maximum Gasteiger partial charge on any atom is 0.240 e. The van der Waals surface area contributed by atoms with Crippen LogP contribution in [0.4, 0.5) is 5.69 Å². The Hall–Kier alpha value is -4.13. The number of amides is 2. The lowest BCUT2D eigenvalue weighted by molar-refractivity contribution is -0.124. The SMILES string of the molecule is CCOc1cc(C=NNC(=O)CCC(=O)Nc2ccc(C)cc2)ccc1OCc1cccc(C)c1. The highest BCUT2D eigenvalue weighted by atomic mass is 16.5. The lowest BCUT2D eigenvalue weighted by Crippen LogP contribution is -2.20. The van der Waals surface area contributed by atoms with Gasteiger partial charge in [0.1, 0.15) is 6.61 Å². The van der Waals surface area contributed by atoms with Gasteiger partial charge in [-0.05, 0) is 62.2 Å². The van der Waals surface area contributed by atoms with E-state index in [2.05, 4.69) is 21.9 Å². The molecule has 7 nitrogen and oxygen atoms in total. The van der Waals surface area contributed by atoms with Crippen LogP contribution in [-0.4, -0.2) is 24.6 Å². The summed E-state index contributed by atoms with van der Waals surface area (Å²) < 4.78 is 11.7. The first-order valence-corrected chi connectivity index (χ1v) is 11.6. The van der Waals surface area contributed by atoms with Crippen LogP contribution in [0, 0.1) is 13.8 Å². The summed E-state index contributed by atoms with van der Waals surface area (Å²) in [5.74, 6) is 0.663. The zero-order valence-corrected chi connectivity index (χ0v) is 20.3. The van der Waals surface area contributed by atoms with E-state index in [1.54, 1.807) is 6.07 Å². The van der Waals surface area contributed by atoms with Gasteiger partial charge < -0.3 is 14.8 Å². The van der Waals surface area contributed by atoms with Crippen LogP contribution in [0.5, 0.6) is 11.5 Å². The molecule has 3 aromatic carbocycles. The molecule has 0 aromatic heterocycles. The molecule has 0 spiro atoms. The maximum absolute atomic E-state index is 12.1. The molecule has 0 bridgehead atoms. The van der Waals surface area contributed by atoms with Crippen LogP contribution >= 0.6 is 0 Å². The topological polar surface area (TPSA) is 89.0 Å². The molecule has 7 heteroatoms. The highest BCUT2D eigenvalue weighted by Gasteiger charge is 2.08. The minimum Gasteiger partial charge on any atom is -0.490 e. The first kappa shape index (κ1) is 25.5. The number of nitrogens with zero attached hydrogens (tertiary/aromatic N) is 1. The van der Waals surface area contributed by atoms with Crippen molar-refractivity contribution >= 4 is 23.7 Å². The zero-order chi connectivity index (χ0) is 25.0. The molecule has 0 saturated carbocycles. The monoisotopic (exact) mass is 473 g/mol. The van der Waals surface area contributed by atoms with Crippen LogP contribution in [0.1, 0.15) is 42.0 Å². The molecule has 0 atom stereocenters. The third kappa shape index (κ3) is 8.62. The Morgan fingerprint density at radius 1 is 0.857 bits per heavy atom. The maximum atomic E-state index is 12.1. The molecule has 0 aliphatic rings. The molecule has 2 N–H and O–H groups in total. The molecule has 0 saturated heterocycles. The lowest BCUT2D eigenvalue weighted by atomic mass is 10.1. The minimum atomic E-state index is -0.344. The summed E-state index contributed by atoms with van der Waals surface area (Å²) in [5, 5.41) is 6.76. The van der Waals surface area contributed by atoms with Gasteiger partial charge in [-0.3, -0.25) is 9.59 Å². The Morgan fingerprint density at radius 3 is 2.37 bits per heavy atom. The molecule has 0 unspecified atom stereocenters. The Kier molecular flexibility index (Phi) is 9.42. The Bertz CT molecular complexity index is 1170. The fraction of sp³-hybridized carbons (Fsp3) is 0.250. The molecule has 0 fully saturated rings. The molecule has 0 radical (unpaired) electrons. The molecule has 0 aliphatic heterocycles. The number of hydrazone groups is 1. The number of carbonyl (C=O) groups excluding carboxylic acids is 2. The van der Waals surface area contributed by atoms with Gasteiger partial charge in [-0.15, -0.1) is 0 Å². The fourth-order valence-electron chi connectivity index (χ4n) is 3.28. The van der Waals surface area contributed by atoms with E-state index in [0.717, 1.165) is 16.7 Å². The highest BCUT2D eigenvalue weighted by molar-refractivity contribution is 5.93. The third-order valence-corrected chi connectivity index (χ3v) is 5.06. The van der Waals surface area contributed by atoms with Crippen LogP contribution in [-0.2, 0) is 16.2 Å². The van der Waals surface area contributed by atoms with E-state index < -0.39 is 0 Å². The van der Waals surface area contributed by atoms with E-state index in [4.69, 9.17) is 9.47 Å². The third-order valence-electron chi connectivity index (χ3n) is 5.06. The van der Waals surface area contributed by atoms with Crippen LogP contribution in [0.15, 0.2) is 71.8 Å². The molecular weight excluding hydrogens is 442 g/mol. The van der Waals surface area contributed by atoms with E-state index in [1.165, 1.54) is 11.8 Å². The molecule has 0 aliphatic carbocycles. The molecule has 35 heavy (non-hydrogen) atoms. The van der Waals surface area contributed by atoms with Crippen LogP contribution in [0.2, 0.25) is 0 Å². The zero-order valence-electron chi connectivity index (χ0n) is 20.3. The van der Waals surface area contributed by atoms with Gasteiger partial charge in [0.15, 0.2) is 11.5 Å². The van der Waals surface area contributed by atoms with E-state index >= 15 is 0 Å². The smallest absolute Gasteiger partial charge is 0.240 e. The number of rotatable bonds is 11. The molecule has 3 aromatic rings. The molecular formula is C28H31N3O4. The second-order valence-electron chi connectivity index (χ2n) is 8.12. The Balaban J connectivity index is 1.49. The molecule has 2 amide bonds. The molecule has 182 valence electrons. The number of carbonyl (C=O) groups is 2. The number of anilines is 1. The lowest BCUT2D eigenvalue weighted by Gasteiger charge is -2.13. The van der Waals surface area contributed by atoms with Gasteiger partial charge in [-0.2, -0.15) is 5.10 Å². The Morgan fingerprint density at radius 2 is 1.63 bits per heavy atom. The molecule has 0 heterocycles. The van der Waals surface area contributed by atoms with E-state index in [0.29, 0.717) is 30.4 Å². The van der Waals surface area contributed by atoms with Gasteiger partial charge in [0, 0.05) is 18.5 Å². The minimum absolute atomic E-state index is 0.0327. The first-order chi connectivity index (χ1) is 16.9. The summed E-state index contributed by atoms with van der Waals surface area (Å²) in [6.07, 6.45) is 1.62. The fourth-order valence-corrected chi connectivity index (χ4v) is 3.28. The average Bonchev–Trinajstić information content (AvgIpc) is 2.84. The van der Waals surface area contributed by atoms with E-state index in [1.807, 2.05) is 75.4 Å². The number of nitrogens with one attached hydrogen (secondary N) is 2. The predicted octanol–water partition coefficient (Wildman–Crippen LogP) is 5.15. The number of benzene rings is 3. The summed E-state index contributed by atoms with van der Waals surface area (Å²) in [4.78, 5) is 24.1. The number of hydrogen-bond acceptors (Lipinski definition) is 5. The van der Waals surface area contributed by atoms with Crippen LogP contribution in [0.25, 0.3) is 0 Å². The summed E-state index contributed by atoms with van der Waals surface area (Å²) in [6, 6.07) is 21.1. The van der Waals surface area contributed by atoms with Gasteiger partial charge in [0.25, 0.3) is 0 Å². The van der Waals surface area contributed by atoms with Crippen molar-refractivity contribution in [1.82, 2.24) is 5.43 Å². The summed E-state index contributed by atoms with van der Waals surface area (Å²) in [6.45, 7) is 6.84. The number of ether oxygens (including phenoxy) is 2. The van der Waals surface area contributed by atoms with Crippen LogP contribution < -0.4 is 20.2 Å². The van der Waals surface area contributed by atoms with Gasteiger partial charge in [0.05, 0.1) is 12.8 Å². The molecule has 3 rings (SSSR count). The largest absolute Gasteiger partial charge is 0.490 e. The van der Waals surface area contributed by atoms with Crippen molar-refractivity contribution in [3.63, 3.8) is 0 Å². The first-order valence-electron chi connectivity index (χ1n) is 11.6. The van der Waals surface area contributed by atoms with E-state index in [9.17, 15) is 9.59 Å². The summed E-state index contributed by atoms with van der Waals surface area (Å²) >= 11 is 0. The van der Waals surface area contributed by atoms with Crippen molar-refractivity contribution in [2.24, 2.45) is 5.10 Å². The second-order valence-corrected chi connectivity index (χ2v) is 8.12. The Labute approximate surface area is 206 Å². The van der Waals surface area contributed by atoms with Crippen molar-refractivity contribution in [1.29, 1.82) is 0 Å². The quantitative estimate of drug-likeness (QED) is 0.298.